The Hall–Kier alpha value is -0.930. The summed E-state index contributed by atoms with van der Waals surface area (Å²) in [5.74, 6) is 0. The minimum Gasteiger partial charge on any atom is -0.299 e. The van der Waals surface area contributed by atoms with Crippen LogP contribution < -0.4 is 0 Å². The van der Waals surface area contributed by atoms with E-state index in [9.17, 15) is 0 Å². The van der Waals surface area contributed by atoms with Crippen molar-refractivity contribution in [1.82, 2.24) is 10.0 Å². The molecule has 3 nitrogen and oxygen atoms in total. The van der Waals surface area contributed by atoms with Gasteiger partial charge in [-0.05, 0) is 19.1 Å². The van der Waals surface area contributed by atoms with E-state index in [-0.39, 0.29) is 0 Å². The highest BCUT2D eigenvalue weighted by molar-refractivity contribution is 5.02. The number of hydrogen-bond donors (Lipinski definition) is 0. The quantitative estimate of drug-likeness (QED) is 0.633. The van der Waals surface area contributed by atoms with Crippen molar-refractivity contribution in [2.75, 3.05) is 13.7 Å². The van der Waals surface area contributed by atoms with Gasteiger partial charge in [0.05, 0.1) is 18.8 Å². The molecule has 0 saturated heterocycles. The van der Waals surface area contributed by atoms with Crippen LogP contribution in [0.2, 0.25) is 0 Å². The molecule has 1 aromatic heterocycles. The molecule has 3 heteroatoms. The molecule has 12 heavy (non-hydrogen) atoms. The van der Waals surface area contributed by atoms with Gasteiger partial charge in [0.1, 0.15) is 0 Å². The van der Waals surface area contributed by atoms with Crippen molar-refractivity contribution in [3.63, 3.8) is 0 Å². The van der Waals surface area contributed by atoms with Crippen LogP contribution >= 0.6 is 0 Å². The first kappa shape index (κ1) is 9.16. The van der Waals surface area contributed by atoms with Gasteiger partial charge in [-0.3, -0.25) is 9.82 Å². The normalized spacial score (nSPS) is 10.6. The molecule has 0 amide bonds. The fourth-order valence-electron chi connectivity index (χ4n) is 0.986. The second-order valence-electron chi connectivity index (χ2n) is 2.52. The molecule has 66 valence electrons. The highest BCUT2D eigenvalue weighted by Crippen LogP contribution is 1.98. The minimum atomic E-state index is 0.698. The van der Waals surface area contributed by atoms with Crippen molar-refractivity contribution in [1.29, 1.82) is 0 Å². The molecule has 1 aromatic rings. The second-order valence-corrected chi connectivity index (χ2v) is 2.52. The van der Waals surface area contributed by atoms with E-state index in [1.807, 2.05) is 32.2 Å². The lowest BCUT2D eigenvalue weighted by Crippen LogP contribution is -2.18. The molecule has 0 aromatic carbocycles. The van der Waals surface area contributed by atoms with Crippen LogP contribution in [0.25, 0.3) is 0 Å². The fourth-order valence-corrected chi connectivity index (χ4v) is 0.986. The largest absolute Gasteiger partial charge is 0.299 e. The summed E-state index contributed by atoms with van der Waals surface area (Å²) in [6.45, 7) is 3.40. The molecule has 0 aliphatic carbocycles. The molecule has 1 rings (SSSR count). The maximum absolute atomic E-state index is 5.24. The van der Waals surface area contributed by atoms with Crippen molar-refractivity contribution in [3.8, 4) is 0 Å². The van der Waals surface area contributed by atoms with Gasteiger partial charge < -0.3 is 0 Å². The monoisotopic (exact) mass is 166 g/mol. The fraction of sp³-hybridized carbons (Fsp3) is 0.444. The van der Waals surface area contributed by atoms with Gasteiger partial charge in [-0.2, -0.15) is 5.06 Å². The first-order chi connectivity index (χ1) is 5.83. The van der Waals surface area contributed by atoms with Crippen molar-refractivity contribution in [2.45, 2.75) is 13.5 Å². The second kappa shape index (κ2) is 4.85. The summed E-state index contributed by atoms with van der Waals surface area (Å²) >= 11 is 0. The van der Waals surface area contributed by atoms with E-state index in [0.29, 0.717) is 6.61 Å². The summed E-state index contributed by atoms with van der Waals surface area (Å²) in [6, 6.07) is 5.86. The van der Waals surface area contributed by atoms with E-state index in [1.165, 1.54) is 0 Å². The first-order valence-corrected chi connectivity index (χ1v) is 4.07. The minimum absolute atomic E-state index is 0.698. The van der Waals surface area contributed by atoms with Crippen LogP contribution in [0, 0.1) is 0 Å². The Morgan fingerprint density at radius 3 is 2.92 bits per heavy atom. The number of hydrogen-bond acceptors (Lipinski definition) is 3. The van der Waals surface area contributed by atoms with E-state index < -0.39 is 0 Å². The summed E-state index contributed by atoms with van der Waals surface area (Å²) in [4.78, 5) is 9.42. The smallest absolute Gasteiger partial charge is 0.0661 e. The highest BCUT2D eigenvalue weighted by Gasteiger charge is 1.98. The Morgan fingerprint density at radius 1 is 1.50 bits per heavy atom. The molecule has 0 fully saturated rings. The molecule has 0 radical (unpaired) electrons. The van der Waals surface area contributed by atoms with Crippen LogP contribution in [0.15, 0.2) is 24.4 Å². The van der Waals surface area contributed by atoms with Crippen LogP contribution in [-0.4, -0.2) is 23.7 Å². The van der Waals surface area contributed by atoms with E-state index in [1.54, 1.807) is 11.3 Å². The van der Waals surface area contributed by atoms with E-state index in [2.05, 4.69) is 4.98 Å². The molecular weight excluding hydrogens is 152 g/mol. The van der Waals surface area contributed by atoms with Crippen LogP contribution in [0.3, 0.4) is 0 Å². The Labute approximate surface area is 72.9 Å². The first-order valence-electron chi connectivity index (χ1n) is 4.07. The SMILES string of the molecule is CCON(C)Cc1ccccn1. The van der Waals surface area contributed by atoms with Gasteiger partial charge in [0.2, 0.25) is 0 Å². The molecule has 0 saturated carbocycles. The van der Waals surface area contributed by atoms with E-state index >= 15 is 0 Å². The Bertz CT molecular complexity index is 213. The molecule has 0 bridgehead atoms. The van der Waals surface area contributed by atoms with Crippen molar-refractivity contribution >= 4 is 0 Å². The summed E-state index contributed by atoms with van der Waals surface area (Å²) in [5.41, 5.74) is 1.02. The molecule has 0 aliphatic heterocycles. The lowest BCUT2D eigenvalue weighted by molar-refractivity contribution is -0.142. The van der Waals surface area contributed by atoms with Gasteiger partial charge in [-0.1, -0.05) is 6.07 Å². The third kappa shape index (κ3) is 2.98. The standard InChI is InChI=1S/C9H14N2O/c1-3-12-11(2)8-9-6-4-5-7-10-9/h4-7H,3,8H2,1-2H3. The van der Waals surface area contributed by atoms with Gasteiger partial charge in [-0.15, -0.1) is 0 Å². The third-order valence-corrected chi connectivity index (χ3v) is 1.46. The summed E-state index contributed by atoms with van der Waals surface area (Å²) < 4.78 is 0. The molecular formula is C9H14N2O. The van der Waals surface area contributed by atoms with Crippen LogP contribution in [0.5, 0.6) is 0 Å². The lowest BCUT2D eigenvalue weighted by Gasteiger charge is -2.14. The van der Waals surface area contributed by atoms with Crippen molar-refractivity contribution in [2.24, 2.45) is 0 Å². The Balaban J connectivity index is 2.41. The molecule has 0 N–H and O–H groups in total. The van der Waals surface area contributed by atoms with Crippen LogP contribution in [0.1, 0.15) is 12.6 Å². The summed E-state index contributed by atoms with van der Waals surface area (Å²) in [5, 5.41) is 1.78. The van der Waals surface area contributed by atoms with Gasteiger partial charge in [0.25, 0.3) is 0 Å². The average molecular weight is 166 g/mol. The Morgan fingerprint density at radius 2 is 2.33 bits per heavy atom. The predicted molar refractivity (Wildman–Crippen MR) is 47.3 cm³/mol. The molecule has 0 spiro atoms. The maximum atomic E-state index is 5.24. The van der Waals surface area contributed by atoms with E-state index in [4.69, 9.17) is 4.84 Å². The zero-order chi connectivity index (χ0) is 8.81. The molecule has 1 heterocycles. The molecule has 0 aliphatic rings. The number of rotatable bonds is 4. The molecule has 0 atom stereocenters. The highest BCUT2D eigenvalue weighted by atomic mass is 16.7. The van der Waals surface area contributed by atoms with Gasteiger partial charge in [-0.25, -0.2) is 0 Å². The summed E-state index contributed by atoms with van der Waals surface area (Å²) in [7, 11) is 1.90. The van der Waals surface area contributed by atoms with Crippen LogP contribution in [-0.2, 0) is 11.4 Å². The Kier molecular flexibility index (Phi) is 3.70. The predicted octanol–water partition coefficient (Wildman–Crippen LogP) is 1.46. The van der Waals surface area contributed by atoms with Crippen molar-refractivity contribution < 1.29 is 4.84 Å². The van der Waals surface area contributed by atoms with Gasteiger partial charge in [0.15, 0.2) is 0 Å². The third-order valence-electron chi connectivity index (χ3n) is 1.46. The van der Waals surface area contributed by atoms with Crippen molar-refractivity contribution in [3.05, 3.63) is 30.1 Å². The number of hydroxylamine groups is 2. The topological polar surface area (TPSA) is 25.4 Å². The number of nitrogens with zero attached hydrogens (tertiary/aromatic N) is 2. The number of aromatic nitrogens is 1. The zero-order valence-electron chi connectivity index (χ0n) is 7.53. The number of pyridine rings is 1. The lowest BCUT2D eigenvalue weighted by atomic mass is 10.3. The van der Waals surface area contributed by atoms with E-state index in [0.717, 1.165) is 12.2 Å². The van der Waals surface area contributed by atoms with Gasteiger partial charge >= 0.3 is 0 Å². The molecule has 0 unspecified atom stereocenters. The zero-order valence-corrected chi connectivity index (χ0v) is 7.53. The van der Waals surface area contributed by atoms with Gasteiger partial charge in [0, 0.05) is 13.2 Å². The van der Waals surface area contributed by atoms with Crippen LogP contribution in [0.4, 0.5) is 0 Å². The summed E-state index contributed by atoms with van der Waals surface area (Å²) in [6.07, 6.45) is 1.79. The average Bonchev–Trinajstić information content (AvgIpc) is 2.06. The maximum Gasteiger partial charge on any atom is 0.0661 e.